The van der Waals surface area contributed by atoms with E-state index in [9.17, 15) is 4.79 Å². The molecule has 0 unspecified atom stereocenters. The van der Waals surface area contributed by atoms with Gasteiger partial charge in [-0.15, -0.1) is 0 Å². The minimum atomic E-state index is -0.361. The minimum absolute atomic E-state index is 0.101. The number of nitrogens with zero attached hydrogens (tertiary/aromatic N) is 2. The second-order valence-corrected chi connectivity index (χ2v) is 9.28. The summed E-state index contributed by atoms with van der Waals surface area (Å²) in [6.45, 7) is 2.29. The summed E-state index contributed by atoms with van der Waals surface area (Å²) in [5.41, 5.74) is 2.26. The van der Waals surface area contributed by atoms with E-state index in [1.54, 1.807) is 32.4 Å². The van der Waals surface area contributed by atoms with Gasteiger partial charge in [-0.2, -0.15) is 0 Å². The van der Waals surface area contributed by atoms with Gasteiger partial charge in [0.05, 0.1) is 25.7 Å². The zero-order valence-corrected chi connectivity index (χ0v) is 19.6. The molecule has 2 aromatic rings. The van der Waals surface area contributed by atoms with E-state index < -0.39 is 0 Å². The van der Waals surface area contributed by atoms with Gasteiger partial charge in [0.15, 0.2) is 17.2 Å². The summed E-state index contributed by atoms with van der Waals surface area (Å²) in [6, 6.07) is 15.5. The van der Waals surface area contributed by atoms with Gasteiger partial charge in [0.1, 0.15) is 5.04 Å². The third kappa shape index (κ3) is 4.99. The molecule has 1 aliphatic heterocycles. The summed E-state index contributed by atoms with van der Waals surface area (Å²) in [6.07, 6.45) is 4.19. The maximum Gasteiger partial charge on any atom is 0.234 e. The molecule has 0 bridgehead atoms. The first-order valence-electron chi connectivity index (χ1n) is 10.9. The molecule has 1 amide bonds. The molecule has 1 saturated carbocycles. The molecule has 0 radical (unpaired) electrons. The number of hydrogen-bond acceptors (Lipinski definition) is 6. The van der Waals surface area contributed by atoms with Crippen LogP contribution >= 0.6 is 11.8 Å². The Labute approximate surface area is 193 Å². The first kappa shape index (κ1) is 22.4. The first-order chi connectivity index (χ1) is 15.5. The van der Waals surface area contributed by atoms with Gasteiger partial charge in [-0.3, -0.25) is 9.79 Å². The zero-order valence-electron chi connectivity index (χ0n) is 18.8. The normalized spacial score (nSPS) is 22.3. The third-order valence-corrected chi connectivity index (χ3v) is 6.93. The van der Waals surface area contributed by atoms with Crippen LogP contribution in [0.15, 0.2) is 58.5 Å². The molecule has 0 aromatic heterocycles. The predicted octanol–water partition coefficient (Wildman–Crippen LogP) is 5.18. The predicted molar refractivity (Wildman–Crippen MR) is 131 cm³/mol. The lowest BCUT2D eigenvalue weighted by Gasteiger charge is -2.30. The molecule has 1 spiro atoms. The molecule has 2 aliphatic rings. The van der Waals surface area contributed by atoms with Gasteiger partial charge in [0.25, 0.3) is 0 Å². The van der Waals surface area contributed by atoms with E-state index in [0.29, 0.717) is 17.2 Å². The van der Waals surface area contributed by atoms with Gasteiger partial charge in [0.2, 0.25) is 5.91 Å². The van der Waals surface area contributed by atoms with E-state index in [-0.39, 0.29) is 17.3 Å². The molecule has 6 nitrogen and oxygen atoms in total. The van der Waals surface area contributed by atoms with Crippen LogP contribution in [0.1, 0.15) is 38.2 Å². The Hall–Kier alpha value is -2.80. The lowest BCUT2D eigenvalue weighted by molar-refractivity contribution is -0.113. The second-order valence-electron chi connectivity index (χ2n) is 8.31. The van der Waals surface area contributed by atoms with Gasteiger partial charge in [-0.25, -0.2) is 4.99 Å². The number of carbonyl (C=O) groups is 1. The van der Waals surface area contributed by atoms with E-state index in [1.807, 2.05) is 18.2 Å². The van der Waals surface area contributed by atoms with Crippen molar-refractivity contribution >= 4 is 34.1 Å². The van der Waals surface area contributed by atoms with Crippen molar-refractivity contribution < 1.29 is 14.3 Å². The Bertz CT molecular complexity index is 1030. The molecule has 1 aliphatic carbocycles. The highest BCUT2D eigenvalue weighted by atomic mass is 32.2. The molecular weight excluding hydrogens is 422 g/mol. The van der Waals surface area contributed by atoms with Crippen LogP contribution in [-0.2, 0) is 4.79 Å². The number of ether oxygens (including phenoxy) is 2. The first-order valence-corrected chi connectivity index (χ1v) is 11.9. The van der Waals surface area contributed by atoms with Gasteiger partial charge < -0.3 is 14.8 Å². The summed E-state index contributed by atoms with van der Waals surface area (Å²) in [4.78, 5) is 22.8. The Kier molecular flexibility index (Phi) is 6.84. The van der Waals surface area contributed by atoms with E-state index in [1.165, 1.54) is 11.8 Å². The van der Waals surface area contributed by atoms with Gasteiger partial charge >= 0.3 is 0 Å². The molecule has 0 saturated heterocycles. The summed E-state index contributed by atoms with van der Waals surface area (Å²) in [5.74, 6) is 2.07. The average Bonchev–Trinajstić information content (AvgIpc) is 3.18. The maximum absolute atomic E-state index is 12.7. The molecule has 4 rings (SSSR count). The van der Waals surface area contributed by atoms with E-state index in [4.69, 9.17) is 19.5 Å². The SMILES string of the molecule is COc1ccc(NC(=O)CSC2=NC3(CCC(C)CC3)N=C2c2ccccc2)cc1OC. The highest BCUT2D eigenvalue weighted by Gasteiger charge is 2.39. The fourth-order valence-electron chi connectivity index (χ4n) is 4.10. The molecule has 1 heterocycles. The van der Waals surface area contributed by atoms with Crippen molar-refractivity contribution in [3.8, 4) is 11.5 Å². The maximum atomic E-state index is 12.7. The number of aliphatic imine (C=N–C) groups is 2. The van der Waals surface area contributed by atoms with E-state index in [2.05, 4.69) is 24.4 Å². The van der Waals surface area contributed by atoms with Crippen LogP contribution in [0.3, 0.4) is 0 Å². The highest BCUT2D eigenvalue weighted by Crippen LogP contribution is 2.40. The largest absolute Gasteiger partial charge is 0.493 e. The topological polar surface area (TPSA) is 72.3 Å². The van der Waals surface area contributed by atoms with Crippen LogP contribution in [0.4, 0.5) is 5.69 Å². The monoisotopic (exact) mass is 451 g/mol. The van der Waals surface area contributed by atoms with Crippen molar-refractivity contribution in [1.82, 2.24) is 0 Å². The van der Waals surface area contributed by atoms with E-state index >= 15 is 0 Å². The molecular formula is C25H29N3O3S. The lowest BCUT2D eigenvalue weighted by atomic mass is 9.83. The van der Waals surface area contributed by atoms with E-state index in [0.717, 1.165) is 47.9 Å². The number of nitrogens with one attached hydrogen (secondary N) is 1. The van der Waals surface area contributed by atoms with Crippen LogP contribution < -0.4 is 14.8 Å². The van der Waals surface area contributed by atoms with Crippen LogP contribution in [0.25, 0.3) is 0 Å². The lowest BCUT2D eigenvalue weighted by Crippen LogP contribution is -2.28. The van der Waals surface area contributed by atoms with Crippen molar-refractivity contribution in [2.24, 2.45) is 15.9 Å². The number of methoxy groups -OCH3 is 2. The number of carbonyl (C=O) groups excluding carboxylic acids is 1. The van der Waals surface area contributed by atoms with Crippen LogP contribution in [0.5, 0.6) is 11.5 Å². The van der Waals surface area contributed by atoms with Crippen LogP contribution in [-0.4, -0.2) is 42.3 Å². The zero-order chi connectivity index (χ0) is 22.6. The van der Waals surface area contributed by atoms with Gasteiger partial charge in [-0.05, 0) is 43.7 Å². The van der Waals surface area contributed by atoms with Crippen LogP contribution in [0, 0.1) is 5.92 Å². The Morgan fingerprint density at radius 3 is 2.47 bits per heavy atom. The highest BCUT2D eigenvalue weighted by molar-refractivity contribution is 8.16. The standard InChI is InChI=1S/C25H29N3O3S/c1-17-11-13-25(14-12-17)27-23(18-7-5-4-6-8-18)24(28-25)32-16-22(29)26-19-9-10-20(30-2)21(15-19)31-3/h4-10,15,17H,11-14,16H2,1-3H3,(H,26,29). The van der Waals surface area contributed by atoms with Crippen molar-refractivity contribution in [3.63, 3.8) is 0 Å². The Morgan fingerprint density at radius 2 is 1.78 bits per heavy atom. The van der Waals surface area contributed by atoms with Crippen molar-refractivity contribution in [2.75, 3.05) is 25.3 Å². The van der Waals surface area contributed by atoms with Crippen molar-refractivity contribution in [1.29, 1.82) is 0 Å². The number of anilines is 1. The molecule has 168 valence electrons. The quantitative estimate of drug-likeness (QED) is 0.657. The van der Waals surface area contributed by atoms with Gasteiger partial charge in [-0.1, -0.05) is 49.0 Å². The third-order valence-electron chi connectivity index (χ3n) is 5.96. The summed E-state index contributed by atoms with van der Waals surface area (Å²) < 4.78 is 10.6. The molecule has 1 N–H and O–H groups in total. The number of rotatable bonds is 6. The van der Waals surface area contributed by atoms with Crippen LogP contribution in [0.2, 0.25) is 0 Å². The molecule has 0 atom stereocenters. The second kappa shape index (κ2) is 9.77. The minimum Gasteiger partial charge on any atom is -0.493 e. The number of thioether (sulfide) groups is 1. The Balaban J connectivity index is 1.47. The van der Waals surface area contributed by atoms with Gasteiger partial charge in [0, 0.05) is 17.3 Å². The Morgan fingerprint density at radius 1 is 1.06 bits per heavy atom. The summed E-state index contributed by atoms with van der Waals surface area (Å²) in [5, 5.41) is 3.79. The fraction of sp³-hybridized carbons (Fsp3) is 0.400. The average molecular weight is 452 g/mol. The number of amides is 1. The number of hydrogen-bond donors (Lipinski definition) is 1. The number of benzene rings is 2. The molecule has 7 heteroatoms. The molecule has 32 heavy (non-hydrogen) atoms. The molecule has 1 fully saturated rings. The summed E-state index contributed by atoms with van der Waals surface area (Å²) in [7, 11) is 3.16. The molecule has 2 aromatic carbocycles. The van der Waals surface area contributed by atoms with Crippen molar-refractivity contribution in [2.45, 2.75) is 38.3 Å². The smallest absolute Gasteiger partial charge is 0.234 e. The fourth-order valence-corrected chi connectivity index (χ4v) is 4.98. The van der Waals surface area contributed by atoms with Crippen molar-refractivity contribution in [3.05, 3.63) is 54.1 Å². The summed E-state index contributed by atoms with van der Waals surface area (Å²) >= 11 is 1.45.